The molecule has 5 heteroatoms. The number of alkyl halides is 1. The van der Waals surface area contributed by atoms with E-state index in [4.69, 9.17) is 4.74 Å². The largest absolute Gasteiger partial charge is 0.463 e. The lowest BCUT2D eigenvalue weighted by Gasteiger charge is -2.38. The van der Waals surface area contributed by atoms with Crippen LogP contribution in [0.25, 0.3) is 10.9 Å². The number of aromatic amines is 1. The van der Waals surface area contributed by atoms with Crippen molar-refractivity contribution in [3.8, 4) is 5.75 Å². The monoisotopic (exact) mass is 339 g/mol. The van der Waals surface area contributed by atoms with Crippen molar-refractivity contribution in [1.29, 1.82) is 0 Å². The minimum absolute atomic E-state index is 0.353. The third kappa shape index (κ3) is 3.46. The van der Waals surface area contributed by atoms with Crippen LogP contribution in [0.1, 0.15) is 5.56 Å². The number of anilines is 1. The molecular weight excluding hydrogens is 317 g/mol. The van der Waals surface area contributed by atoms with E-state index >= 15 is 0 Å². The molecule has 1 aliphatic rings. The highest BCUT2D eigenvalue weighted by Gasteiger charge is 2.23. The first-order chi connectivity index (χ1) is 12.3. The molecule has 2 aromatic carbocycles. The van der Waals surface area contributed by atoms with E-state index in [0.717, 1.165) is 37.1 Å². The first-order valence-electron chi connectivity index (χ1n) is 8.66. The maximum Gasteiger partial charge on any atom is 0.228 e. The zero-order valence-electron chi connectivity index (χ0n) is 14.0. The molecule has 1 aliphatic heterocycles. The van der Waals surface area contributed by atoms with Crippen LogP contribution in [-0.2, 0) is 6.42 Å². The number of fused-ring (bicyclic) bond motifs is 1. The van der Waals surface area contributed by atoms with Crippen LogP contribution in [-0.4, -0.2) is 37.5 Å². The van der Waals surface area contributed by atoms with Crippen LogP contribution in [0.2, 0.25) is 0 Å². The van der Waals surface area contributed by atoms with Crippen molar-refractivity contribution in [1.82, 2.24) is 10.3 Å². The minimum Gasteiger partial charge on any atom is -0.463 e. The Kier molecular flexibility index (Phi) is 4.57. The molecule has 130 valence electrons. The number of aromatic nitrogens is 1. The summed E-state index contributed by atoms with van der Waals surface area (Å²) < 4.78 is 17.4. The zero-order valence-corrected chi connectivity index (χ0v) is 14.0. The number of ether oxygens (including phenoxy) is 1. The summed E-state index contributed by atoms with van der Waals surface area (Å²) in [6.07, 6.45) is 2.86. The molecule has 1 atom stereocenters. The smallest absolute Gasteiger partial charge is 0.228 e. The van der Waals surface area contributed by atoms with Gasteiger partial charge in [-0.25, -0.2) is 4.39 Å². The van der Waals surface area contributed by atoms with Gasteiger partial charge < -0.3 is 19.9 Å². The van der Waals surface area contributed by atoms with E-state index < -0.39 is 6.86 Å². The molecule has 0 saturated carbocycles. The van der Waals surface area contributed by atoms with Gasteiger partial charge in [0.15, 0.2) is 0 Å². The lowest BCUT2D eigenvalue weighted by Crippen LogP contribution is -2.52. The van der Waals surface area contributed by atoms with Crippen molar-refractivity contribution in [3.63, 3.8) is 0 Å². The Labute approximate surface area is 146 Å². The molecule has 0 amide bonds. The second-order valence-electron chi connectivity index (χ2n) is 6.41. The van der Waals surface area contributed by atoms with Crippen LogP contribution in [0, 0.1) is 0 Å². The molecule has 1 saturated heterocycles. The molecule has 1 fully saturated rings. The third-order valence-electron chi connectivity index (χ3n) is 4.81. The Balaban J connectivity index is 1.57. The number of hydrogen-bond donors (Lipinski definition) is 2. The normalized spacial score (nSPS) is 17.8. The summed E-state index contributed by atoms with van der Waals surface area (Å²) in [5, 5.41) is 4.72. The SMILES string of the molecule is FCOc1cccc(CC2CNCCN2c2ccc3[nH]ccc3c2)c1. The maximum absolute atomic E-state index is 12.4. The van der Waals surface area contributed by atoms with Crippen molar-refractivity contribution in [3.05, 3.63) is 60.3 Å². The maximum atomic E-state index is 12.4. The summed E-state index contributed by atoms with van der Waals surface area (Å²) in [5.74, 6) is 0.587. The quantitative estimate of drug-likeness (QED) is 0.747. The van der Waals surface area contributed by atoms with Gasteiger partial charge in [0.1, 0.15) is 5.75 Å². The molecule has 4 rings (SSSR count). The van der Waals surface area contributed by atoms with Crippen LogP contribution in [0.5, 0.6) is 5.75 Å². The van der Waals surface area contributed by atoms with Gasteiger partial charge in [-0.05, 0) is 48.4 Å². The number of rotatable bonds is 5. The lowest BCUT2D eigenvalue weighted by molar-refractivity contribution is 0.191. The number of nitrogens with zero attached hydrogens (tertiary/aromatic N) is 1. The van der Waals surface area contributed by atoms with Crippen LogP contribution in [0.4, 0.5) is 10.1 Å². The molecule has 2 heterocycles. The second-order valence-corrected chi connectivity index (χ2v) is 6.41. The predicted molar refractivity (Wildman–Crippen MR) is 99.1 cm³/mol. The van der Waals surface area contributed by atoms with E-state index in [1.54, 1.807) is 6.07 Å². The van der Waals surface area contributed by atoms with E-state index in [1.807, 2.05) is 18.3 Å². The van der Waals surface area contributed by atoms with Gasteiger partial charge in [0.05, 0.1) is 0 Å². The molecule has 0 aliphatic carbocycles. The van der Waals surface area contributed by atoms with Crippen molar-refractivity contribution in [2.24, 2.45) is 0 Å². The molecule has 1 unspecified atom stereocenters. The first kappa shape index (κ1) is 16.0. The van der Waals surface area contributed by atoms with E-state index in [1.165, 1.54) is 11.1 Å². The zero-order chi connectivity index (χ0) is 17.1. The Morgan fingerprint density at radius 3 is 3.04 bits per heavy atom. The molecule has 3 aromatic rings. The Hall–Kier alpha value is -2.53. The van der Waals surface area contributed by atoms with Gasteiger partial charge >= 0.3 is 0 Å². The standard InChI is InChI=1S/C20H22FN3O/c21-14-25-19-3-1-2-15(11-19)10-18-13-22-8-9-24(18)17-4-5-20-16(12-17)6-7-23-20/h1-7,11-12,18,22-23H,8-10,13-14H2. The van der Waals surface area contributed by atoms with Crippen molar-refractivity contribution in [2.75, 3.05) is 31.4 Å². The van der Waals surface area contributed by atoms with Crippen LogP contribution < -0.4 is 15.0 Å². The summed E-state index contributed by atoms with van der Waals surface area (Å²) in [7, 11) is 0. The highest BCUT2D eigenvalue weighted by Crippen LogP contribution is 2.25. The Bertz CT molecular complexity index is 848. The van der Waals surface area contributed by atoms with Crippen molar-refractivity contribution in [2.45, 2.75) is 12.5 Å². The van der Waals surface area contributed by atoms with Gasteiger partial charge in [0, 0.05) is 48.5 Å². The summed E-state index contributed by atoms with van der Waals surface area (Å²) in [6.45, 7) is 2.09. The fourth-order valence-electron chi connectivity index (χ4n) is 3.60. The molecule has 25 heavy (non-hydrogen) atoms. The number of H-pyrrole nitrogens is 1. The predicted octanol–water partition coefficient (Wildman–Crippen LogP) is 3.49. The fourth-order valence-corrected chi connectivity index (χ4v) is 3.60. The van der Waals surface area contributed by atoms with E-state index in [2.05, 4.69) is 45.5 Å². The highest BCUT2D eigenvalue weighted by molar-refractivity contribution is 5.83. The molecule has 0 radical (unpaired) electrons. The van der Waals surface area contributed by atoms with Gasteiger partial charge in [0.25, 0.3) is 0 Å². The van der Waals surface area contributed by atoms with E-state index in [0.29, 0.717) is 11.8 Å². The van der Waals surface area contributed by atoms with Crippen LogP contribution in [0.15, 0.2) is 54.7 Å². The van der Waals surface area contributed by atoms with E-state index in [-0.39, 0.29) is 0 Å². The lowest BCUT2D eigenvalue weighted by atomic mass is 10.0. The van der Waals surface area contributed by atoms with Crippen molar-refractivity contribution >= 4 is 16.6 Å². The van der Waals surface area contributed by atoms with Gasteiger partial charge in [-0.1, -0.05) is 12.1 Å². The summed E-state index contributed by atoms with van der Waals surface area (Å²) in [6, 6.07) is 16.7. The average molecular weight is 339 g/mol. The fraction of sp³-hybridized carbons (Fsp3) is 0.300. The van der Waals surface area contributed by atoms with Gasteiger partial charge in [-0.2, -0.15) is 0 Å². The summed E-state index contributed by atoms with van der Waals surface area (Å²) >= 11 is 0. The number of hydrogen-bond acceptors (Lipinski definition) is 3. The topological polar surface area (TPSA) is 40.3 Å². The molecule has 1 aromatic heterocycles. The van der Waals surface area contributed by atoms with Gasteiger partial charge in [-0.3, -0.25) is 0 Å². The van der Waals surface area contributed by atoms with Crippen LogP contribution in [0.3, 0.4) is 0 Å². The average Bonchev–Trinajstić information content (AvgIpc) is 3.10. The minimum atomic E-state index is -0.794. The molecular formula is C20H22FN3O. The number of benzene rings is 2. The Morgan fingerprint density at radius 2 is 2.12 bits per heavy atom. The number of halogens is 1. The van der Waals surface area contributed by atoms with E-state index in [9.17, 15) is 4.39 Å². The number of piperazine rings is 1. The highest BCUT2D eigenvalue weighted by atomic mass is 19.1. The van der Waals surface area contributed by atoms with Gasteiger partial charge in [0.2, 0.25) is 6.86 Å². The summed E-state index contributed by atoms with van der Waals surface area (Å²) in [4.78, 5) is 5.71. The second kappa shape index (κ2) is 7.15. The molecule has 2 N–H and O–H groups in total. The molecule has 0 bridgehead atoms. The third-order valence-corrected chi connectivity index (χ3v) is 4.81. The van der Waals surface area contributed by atoms with Gasteiger partial charge in [-0.15, -0.1) is 0 Å². The summed E-state index contributed by atoms with van der Waals surface area (Å²) in [5.41, 5.74) is 3.56. The first-order valence-corrected chi connectivity index (χ1v) is 8.66. The molecule has 4 nitrogen and oxygen atoms in total. The molecule has 0 spiro atoms. The van der Waals surface area contributed by atoms with Crippen LogP contribution >= 0.6 is 0 Å². The Morgan fingerprint density at radius 1 is 1.16 bits per heavy atom. The van der Waals surface area contributed by atoms with Crippen molar-refractivity contribution < 1.29 is 9.13 Å². The number of nitrogens with one attached hydrogen (secondary N) is 2.